The molecule has 0 spiro atoms. The average molecular weight is 416 g/mol. The quantitative estimate of drug-likeness (QED) is 0.517. The first kappa shape index (κ1) is 22.6. The van der Waals surface area contributed by atoms with E-state index in [1.54, 1.807) is 0 Å². The zero-order chi connectivity index (χ0) is 20.6. The van der Waals surface area contributed by atoms with Crippen LogP contribution in [-0.4, -0.2) is 23.9 Å². The van der Waals surface area contributed by atoms with E-state index in [1.165, 1.54) is 0 Å². The Morgan fingerprint density at radius 1 is 1.00 bits per heavy atom. The molecule has 0 aliphatic heterocycles. The van der Waals surface area contributed by atoms with Crippen molar-refractivity contribution in [1.82, 2.24) is 5.32 Å². The van der Waals surface area contributed by atoms with Gasteiger partial charge in [0.25, 0.3) is 0 Å². The lowest BCUT2D eigenvalue weighted by atomic mass is 10.1. The van der Waals surface area contributed by atoms with Gasteiger partial charge < -0.3 is 5.32 Å². The highest BCUT2D eigenvalue weighted by Gasteiger charge is 2.29. The maximum Gasteiger partial charge on any atom is 0.220 e. The largest absolute Gasteiger partial charge is 0.350 e. The summed E-state index contributed by atoms with van der Waals surface area (Å²) < 4.78 is 12.4. The smallest absolute Gasteiger partial charge is 0.220 e. The fraction of sp³-hybridized carbons (Fsp3) is 0.435. The highest BCUT2D eigenvalue weighted by atomic mass is 32.2. The van der Waals surface area contributed by atoms with Crippen molar-refractivity contribution in [2.24, 2.45) is 0 Å². The second kappa shape index (κ2) is 10.7. The number of hydrogen-bond acceptors (Lipinski definition) is 2. The number of nitrogens with one attached hydrogen (secondary N) is 1. The molecule has 3 nitrogen and oxygen atoms in total. The Morgan fingerprint density at radius 2 is 1.57 bits per heavy atom. The maximum atomic E-state index is 12.7. The zero-order valence-electron chi connectivity index (χ0n) is 17.5. The molecule has 0 aliphatic carbocycles. The van der Waals surface area contributed by atoms with E-state index in [0.29, 0.717) is 17.7 Å². The summed E-state index contributed by atoms with van der Waals surface area (Å²) in [7, 11) is -2.45. The molecule has 0 fully saturated rings. The van der Waals surface area contributed by atoms with Gasteiger partial charge in [0.2, 0.25) is 5.91 Å². The lowest BCUT2D eigenvalue weighted by Crippen LogP contribution is -2.34. The number of carbonyl (C=O) groups is 1. The molecule has 2 rings (SSSR count). The first-order valence-corrected chi connectivity index (χ1v) is 14.9. The third kappa shape index (κ3) is 7.36. The number of amides is 1. The van der Waals surface area contributed by atoms with E-state index in [-0.39, 0.29) is 11.9 Å². The molecule has 5 heteroatoms. The summed E-state index contributed by atoms with van der Waals surface area (Å²) in [5, 5.41) is 3.15. The van der Waals surface area contributed by atoms with Gasteiger partial charge >= 0.3 is 0 Å². The van der Waals surface area contributed by atoms with Crippen molar-refractivity contribution < 1.29 is 9.00 Å². The molecule has 3 atom stereocenters. The Bertz CT molecular complexity index is 759. The number of rotatable bonds is 10. The van der Waals surface area contributed by atoms with E-state index in [0.717, 1.165) is 23.3 Å². The number of benzene rings is 2. The van der Waals surface area contributed by atoms with Crippen LogP contribution >= 0.6 is 0 Å². The third-order valence-electron chi connectivity index (χ3n) is 5.22. The Balaban J connectivity index is 1.87. The molecule has 1 N–H and O–H groups in total. The Hall–Kier alpha value is -1.72. The molecule has 0 aromatic heterocycles. The van der Waals surface area contributed by atoms with Crippen LogP contribution in [0.4, 0.5) is 0 Å². The van der Waals surface area contributed by atoms with Crippen molar-refractivity contribution >= 4 is 24.8 Å². The molecule has 2 aromatic carbocycles. The standard InChI is InChI=1S/C23H33NO2SSi/c1-19(20-12-7-5-8-13-20)24-23(25)18-22(28(2,3)4)16-11-17-27(26)21-14-9-6-10-15-21/h5-10,12-15,19,22H,11,16-18H2,1-4H3,(H,24,25)/t19-,22+,27?/m0/s1. The molecule has 1 amide bonds. The van der Waals surface area contributed by atoms with Crippen LogP contribution in [0.25, 0.3) is 0 Å². The molecule has 1 unspecified atom stereocenters. The minimum absolute atomic E-state index is 0.0153. The second-order valence-corrected chi connectivity index (χ2v) is 15.6. The van der Waals surface area contributed by atoms with Crippen molar-refractivity contribution in [1.29, 1.82) is 0 Å². The van der Waals surface area contributed by atoms with E-state index in [1.807, 2.05) is 67.6 Å². The maximum absolute atomic E-state index is 12.7. The highest BCUT2D eigenvalue weighted by molar-refractivity contribution is 7.85. The minimum atomic E-state index is -1.49. The molecule has 0 saturated heterocycles. The Labute approximate surface area is 173 Å². The van der Waals surface area contributed by atoms with Gasteiger partial charge in [0.05, 0.1) is 16.8 Å². The zero-order valence-corrected chi connectivity index (χ0v) is 19.3. The van der Waals surface area contributed by atoms with Gasteiger partial charge in [-0.15, -0.1) is 0 Å². The van der Waals surface area contributed by atoms with Crippen LogP contribution < -0.4 is 5.32 Å². The molecular weight excluding hydrogens is 382 g/mol. The van der Waals surface area contributed by atoms with E-state index < -0.39 is 18.9 Å². The van der Waals surface area contributed by atoms with Crippen LogP contribution in [0.2, 0.25) is 25.2 Å². The lowest BCUT2D eigenvalue weighted by molar-refractivity contribution is -0.121. The summed E-state index contributed by atoms with van der Waals surface area (Å²) in [6.45, 7) is 8.99. The average Bonchev–Trinajstić information content (AvgIpc) is 2.67. The van der Waals surface area contributed by atoms with Crippen LogP contribution in [0.15, 0.2) is 65.6 Å². The SMILES string of the molecule is C[C@H](NC(=O)C[C@@H](CCCS(=O)c1ccccc1)[Si](C)(C)C)c1ccccc1. The van der Waals surface area contributed by atoms with Gasteiger partial charge in [-0.25, -0.2) is 0 Å². The van der Waals surface area contributed by atoms with E-state index in [4.69, 9.17) is 0 Å². The summed E-state index contributed by atoms with van der Waals surface area (Å²) >= 11 is 0. The van der Waals surface area contributed by atoms with Gasteiger partial charge in [-0.2, -0.15) is 0 Å². The summed E-state index contributed by atoms with van der Waals surface area (Å²) in [5.41, 5.74) is 1.52. The Morgan fingerprint density at radius 3 is 2.14 bits per heavy atom. The van der Waals surface area contributed by atoms with Crippen LogP contribution in [0, 0.1) is 0 Å². The van der Waals surface area contributed by atoms with Gasteiger partial charge in [-0.05, 0) is 36.6 Å². The molecule has 0 bridgehead atoms. The fourth-order valence-corrected chi connectivity index (χ4v) is 6.33. The predicted molar refractivity (Wildman–Crippen MR) is 122 cm³/mol. The van der Waals surface area contributed by atoms with Gasteiger partial charge in [-0.3, -0.25) is 9.00 Å². The number of hydrogen-bond donors (Lipinski definition) is 1. The van der Waals surface area contributed by atoms with Gasteiger partial charge in [0, 0.05) is 25.1 Å². The topological polar surface area (TPSA) is 46.2 Å². The van der Waals surface area contributed by atoms with Gasteiger partial charge in [0.1, 0.15) is 0 Å². The van der Waals surface area contributed by atoms with Crippen LogP contribution in [0.3, 0.4) is 0 Å². The third-order valence-corrected chi connectivity index (χ3v) is 9.62. The van der Waals surface area contributed by atoms with Crippen LogP contribution in [-0.2, 0) is 15.6 Å². The molecular formula is C23H33NO2SSi. The van der Waals surface area contributed by atoms with Crippen molar-refractivity contribution in [3.63, 3.8) is 0 Å². The van der Waals surface area contributed by atoms with E-state index in [9.17, 15) is 9.00 Å². The second-order valence-electron chi connectivity index (χ2n) is 8.47. The summed E-state index contributed by atoms with van der Waals surface area (Å²) in [6.07, 6.45) is 2.41. The monoisotopic (exact) mass is 415 g/mol. The first-order valence-electron chi connectivity index (χ1n) is 10.0. The van der Waals surface area contributed by atoms with Crippen LogP contribution in [0.5, 0.6) is 0 Å². The van der Waals surface area contributed by atoms with Gasteiger partial charge in [-0.1, -0.05) is 74.6 Å². The lowest BCUT2D eigenvalue weighted by Gasteiger charge is -2.29. The highest BCUT2D eigenvalue weighted by Crippen LogP contribution is 2.31. The summed E-state index contributed by atoms with van der Waals surface area (Å²) in [5.74, 6) is 0.778. The summed E-state index contributed by atoms with van der Waals surface area (Å²) in [4.78, 5) is 13.5. The van der Waals surface area contributed by atoms with Crippen molar-refractivity contribution in [3.05, 3.63) is 66.2 Å². The first-order chi connectivity index (χ1) is 13.3. The molecule has 0 heterocycles. The van der Waals surface area contributed by atoms with Crippen LogP contribution in [0.1, 0.15) is 37.8 Å². The van der Waals surface area contributed by atoms with Gasteiger partial charge in [0.15, 0.2) is 0 Å². The van der Waals surface area contributed by atoms with Crippen molar-refractivity contribution in [2.45, 2.75) is 62.3 Å². The molecule has 28 heavy (non-hydrogen) atoms. The molecule has 152 valence electrons. The van der Waals surface area contributed by atoms with E-state index in [2.05, 4.69) is 25.0 Å². The molecule has 0 aliphatic rings. The fourth-order valence-electron chi connectivity index (χ4n) is 3.34. The van der Waals surface area contributed by atoms with Crippen molar-refractivity contribution in [2.75, 3.05) is 5.75 Å². The van der Waals surface area contributed by atoms with Crippen molar-refractivity contribution in [3.8, 4) is 0 Å². The molecule has 0 saturated carbocycles. The molecule has 0 radical (unpaired) electrons. The minimum Gasteiger partial charge on any atom is -0.350 e. The summed E-state index contributed by atoms with van der Waals surface area (Å²) in [6, 6.07) is 19.7. The normalized spacial score (nSPS) is 14.9. The van der Waals surface area contributed by atoms with E-state index >= 15 is 0 Å². The Kier molecular flexibility index (Phi) is 8.64. The number of carbonyl (C=O) groups excluding carboxylic acids is 1. The molecule has 2 aromatic rings. The predicted octanol–water partition coefficient (Wildman–Crippen LogP) is 5.55.